The second-order valence-corrected chi connectivity index (χ2v) is 7.87. The lowest BCUT2D eigenvalue weighted by Crippen LogP contribution is -2.40. The van der Waals surface area contributed by atoms with Crippen molar-refractivity contribution < 1.29 is 17.6 Å². The number of amides is 2. The highest BCUT2D eigenvalue weighted by atomic mass is 79.9. The van der Waals surface area contributed by atoms with Crippen molar-refractivity contribution in [1.29, 1.82) is 0 Å². The van der Waals surface area contributed by atoms with Crippen LogP contribution in [0, 0.1) is 5.82 Å². The van der Waals surface area contributed by atoms with Crippen molar-refractivity contribution >= 4 is 37.5 Å². The summed E-state index contributed by atoms with van der Waals surface area (Å²) in [6, 6.07) is 3.41. The summed E-state index contributed by atoms with van der Waals surface area (Å²) in [4.78, 5) is 13.3. The molecule has 1 aromatic carbocycles. The maximum atomic E-state index is 13.6. The van der Waals surface area contributed by atoms with E-state index in [1.54, 1.807) is 6.07 Å². The van der Waals surface area contributed by atoms with E-state index in [9.17, 15) is 17.6 Å². The molecule has 1 unspecified atom stereocenters. The van der Waals surface area contributed by atoms with E-state index in [0.29, 0.717) is 10.9 Å². The third-order valence-electron chi connectivity index (χ3n) is 3.25. The molecule has 20 heavy (non-hydrogen) atoms. The van der Waals surface area contributed by atoms with Gasteiger partial charge in [-0.05, 0) is 24.6 Å². The molecule has 5 nitrogen and oxygen atoms in total. The number of hydrogen-bond donors (Lipinski definition) is 1. The molecule has 1 heterocycles. The van der Waals surface area contributed by atoms with Gasteiger partial charge >= 0.3 is 6.03 Å². The fraction of sp³-hybridized carbons (Fsp3) is 0.417. The minimum atomic E-state index is -3.06. The second kappa shape index (κ2) is 5.69. The van der Waals surface area contributed by atoms with Crippen LogP contribution < -0.4 is 5.32 Å². The summed E-state index contributed by atoms with van der Waals surface area (Å²) < 4.78 is 37.0. The van der Waals surface area contributed by atoms with Crippen LogP contribution in [0.5, 0.6) is 0 Å². The molecule has 1 aliphatic heterocycles. The van der Waals surface area contributed by atoms with Crippen LogP contribution in [-0.2, 0) is 9.84 Å². The van der Waals surface area contributed by atoms with Crippen LogP contribution in [0.25, 0.3) is 0 Å². The number of nitrogens with one attached hydrogen (secondary N) is 1. The molecule has 2 amide bonds. The number of benzene rings is 1. The molecule has 1 aromatic rings. The molecule has 1 aliphatic rings. The van der Waals surface area contributed by atoms with Gasteiger partial charge in [0.2, 0.25) is 0 Å². The molecule has 0 radical (unpaired) electrons. The Kier molecular flexibility index (Phi) is 4.33. The van der Waals surface area contributed by atoms with E-state index < -0.39 is 21.7 Å². The van der Waals surface area contributed by atoms with Crippen molar-refractivity contribution in [3.8, 4) is 0 Å². The van der Waals surface area contributed by atoms with Crippen molar-refractivity contribution in [1.82, 2.24) is 4.90 Å². The third kappa shape index (κ3) is 3.49. The molecule has 0 saturated carbocycles. The fourth-order valence-corrected chi connectivity index (χ4v) is 4.15. The number of urea groups is 1. The molecular weight excluding hydrogens is 351 g/mol. The smallest absolute Gasteiger partial charge is 0.321 e. The predicted molar refractivity (Wildman–Crippen MR) is 77.9 cm³/mol. The first kappa shape index (κ1) is 15.2. The maximum absolute atomic E-state index is 13.6. The maximum Gasteiger partial charge on any atom is 0.321 e. The molecule has 1 fully saturated rings. The molecule has 110 valence electrons. The highest BCUT2D eigenvalue weighted by Crippen LogP contribution is 2.21. The number of carbonyl (C=O) groups is 1. The molecule has 0 aliphatic carbocycles. The summed E-state index contributed by atoms with van der Waals surface area (Å²) in [6.07, 6.45) is 0.412. The average molecular weight is 365 g/mol. The molecule has 8 heteroatoms. The molecule has 0 spiro atoms. The number of sulfone groups is 1. The van der Waals surface area contributed by atoms with Gasteiger partial charge in [0.05, 0.1) is 17.2 Å². The lowest BCUT2D eigenvalue weighted by atomic mass is 10.2. The summed E-state index contributed by atoms with van der Waals surface area (Å²) in [5, 5.41) is 2.44. The Morgan fingerprint density at radius 1 is 1.50 bits per heavy atom. The topological polar surface area (TPSA) is 66.5 Å². The van der Waals surface area contributed by atoms with E-state index in [4.69, 9.17) is 0 Å². The van der Waals surface area contributed by atoms with Gasteiger partial charge in [-0.3, -0.25) is 0 Å². The zero-order valence-corrected chi connectivity index (χ0v) is 13.2. The summed E-state index contributed by atoms with van der Waals surface area (Å²) in [7, 11) is -1.55. The van der Waals surface area contributed by atoms with Gasteiger partial charge in [-0.25, -0.2) is 17.6 Å². The van der Waals surface area contributed by atoms with Crippen molar-refractivity contribution in [2.45, 2.75) is 12.5 Å². The normalized spacial score (nSPS) is 20.6. The Morgan fingerprint density at radius 2 is 2.20 bits per heavy atom. The molecule has 1 saturated heterocycles. The minimum Gasteiger partial charge on any atom is -0.324 e. The van der Waals surface area contributed by atoms with Crippen molar-refractivity contribution in [2.24, 2.45) is 0 Å². The van der Waals surface area contributed by atoms with E-state index in [1.807, 2.05) is 0 Å². The Hall–Kier alpha value is -1.15. The second-order valence-electron chi connectivity index (χ2n) is 4.72. The zero-order valence-electron chi connectivity index (χ0n) is 10.8. The monoisotopic (exact) mass is 364 g/mol. The Bertz CT molecular complexity index is 636. The summed E-state index contributed by atoms with van der Waals surface area (Å²) in [5.41, 5.74) is 0.0610. The van der Waals surface area contributed by atoms with Gasteiger partial charge in [0.15, 0.2) is 9.84 Å². The Balaban J connectivity index is 2.05. The highest BCUT2D eigenvalue weighted by molar-refractivity contribution is 9.10. The van der Waals surface area contributed by atoms with Gasteiger partial charge in [0.1, 0.15) is 5.82 Å². The summed E-state index contributed by atoms with van der Waals surface area (Å²) >= 11 is 3.13. The lowest BCUT2D eigenvalue weighted by Gasteiger charge is -2.23. The number of carbonyl (C=O) groups excluding carboxylic acids is 1. The molecule has 0 bridgehead atoms. The first-order chi connectivity index (χ1) is 9.28. The van der Waals surface area contributed by atoms with E-state index in [-0.39, 0.29) is 23.2 Å². The van der Waals surface area contributed by atoms with Gasteiger partial charge < -0.3 is 10.2 Å². The highest BCUT2D eigenvalue weighted by Gasteiger charge is 2.32. The third-order valence-corrected chi connectivity index (χ3v) is 5.49. The first-order valence-corrected chi connectivity index (χ1v) is 8.59. The number of rotatable bonds is 2. The van der Waals surface area contributed by atoms with Crippen LogP contribution in [-0.4, -0.2) is 43.9 Å². The number of anilines is 1. The predicted octanol–water partition coefficient (Wildman–Crippen LogP) is 2.24. The lowest BCUT2D eigenvalue weighted by molar-refractivity contribution is 0.209. The quantitative estimate of drug-likeness (QED) is 0.874. The molecule has 1 atom stereocenters. The van der Waals surface area contributed by atoms with E-state index >= 15 is 0 Å². The van der Waals surface area contributed by atoms with Crippen molar-refractivity contribution in [3.63, 3.8) is 0 Å². The fourth-order valence-electron chi connectivity index (χ4n) is 2.04. The standard InChI is InChI=1S/C12H14BrFN2O3S/c1-16(9-4-5-20(18,19)7-9)12(17)15-11-3-2-8(13)6-10(11)14/h2-3,6,9H,4-5,7H2,1H3,(H,15,17). The van der Waals surface area contributed by atoms with Crippen LogP contribution in [0.4, 0.5) is 14.9 Å². The number of halogens is 2. The van der Waals surface area contributed by atoms with Gasteiger partial charge in [0.25, 0.3) is 0 Å². The SMILES string of the molecule is CN(C(=O)Nc1ccc(Br)cc1F)C1CCS(=O)(=O)C1. The van der Waals surface area contributed by atoms with Crippen LogP contribution >= 0.6 is 15.9 Å². The van der Waals surface area contributed by atoms with Gasteiger partial charge in [-0.1, -0.05) is 15.9 Å². The number of nitrogens with zero attached hydrogens (tertiary/aromatic N) is 1. The van der Waals surface area contributed by atoms with Crippen molar-refractivity contribution in [2.75, 3.05) is 23.9 Å². The van der Waals surface area contributed by atoms with Crippen LogP contribution in [0.3, 0.4) is 0 Å². The largest absolute Gasteiger partial charge is 0.324 e. The minimum absolute atomic E-state index is 0.0419. The molecule has 0 aromatic heterocycles. The number of hydrogen-bond acceptors (Lipinski definition) is 3. The Morgan fingerprint density at radius 3 is 2.75 bits per heavy atom. The van der Waals surface area contributed by atoms with E-state index in [1.165, 1.54) is 24.1 Å². The zero-order chi connectivity index (χ0) is 14.9. The van der Waals surface area contributed by atoms with E-state index in [0.717, 1.165) is 0 Å². The molecule has 2 rings (SSSR count). The van der Waals surface area contributed by atoms with Gasteiger partial charge in [0, 0.05) is 17.6 Å². The van der Waals surface area contributed by atoms with Crippen molar-refractivity contribution in [3.05, 3.63) is 28.5 Å². The summed E-state index contributed by atoms with van der Waals surface area (Å²) in [6.45, 7) is 0. The van der Waals surface area contributed by atoms with Crippen LogP contribution in [0.2, 0.25) is 0 Å². The molecular formula is C12H14BrFN2O3S. The van der Waals surface area contributed by atoms with Gasteiger partial charge in [-0.2, -0.15) is 0 Å². The van der Waals surface area contributed by atoms with Crippen LogP contribution in [0.15, 0.2) is 22.7 Å². The van der Waals surface area contributed by atoms with Crippen LogP contribution in [0.1, 0.15) is 6.42 Å². The van der Waals surface area contributed by atoms with E-state index in [2.05, 4.69) is 21.2 Å². The average Bonchev–Trinajstić information content (AvgIpc) is 2.72. The molecule has 1 N–H and O–H groups in total. The Labute approximate surface area is 125 Å². The summed E-state index contributed by atoms with van der Waals surface area (Å²) in [5.74, 6) is -0.512. The first-order valence-electron chi connectivity index (χ1n) is 5.98. The van der Waals surface area contributed by atoms with Gasteiger partial charge in [-0.15, -0.1) is 0 Å².